The zero-order chi connectivity index (χ0) is 15.4. The maximum absolute atomic E-state index is 12.0. The van der Waals surface area contributed by atoms with Crippen LogP contribution in [0.2, 0.25) is 0 Å². The summed E-state index contributed by atoms with van der Waals surface area (Å²) in [6, 6.07) is 8.37. The summed E-state index contributed by atoms with van der Waals surface area (Å²) in [5, 5.41) is 2.92. The van der Waals surface area contributed by atoms with Crippen LogP contribution in [-0.2, 0) is 16.8 Å². The highest BCUT2D eigenvalue weighted by Gasteiger charge is 2.26. The van der Waals surface area contributed by atoms with E-state index in [-0.39, 0.29) is 23.7 Å². The van der Waals surface area contributed by atoms with Crippen LogP contribution >= 0.6 is 12.4 Å². The fraction of sp³-hybridized carbons (Fsp3) is 0.588. The van der Waals surface area contributed by atoms with Crippen molar-refractivity contribution in [2.24, 2.45) is 5.73 Å². The Morgan fingerprint density at radius 1 is 1.14 bits per heavy atom. The Labute approximate surface area is 135 Å². The van der Waals surface area contributed by atoms with Crippen LogP contribution in [0, 0.1) is 0 Å². The average molecular weight is 313 g/mol. The molecule has 120 valence electrons. The van der Waals surface area contributed by atoms with Crippen molar-refractivity contribution in [2.75, 3.05) is 0 Å². The van der Waals surface area contributed by atoms with Crippen LogP contribution in [-0.4, -0.2) is 11.4 Å². The van der Waals surface area contributed by atoms with Crippen molar-refractivity contribution in [3.63, 3.8) is 0 Å². The molecule has 1 amide bonds. The maximum Gasteiger partial charge on any atom is 0.240 e. The third kappa shape index (κ3) is 6.06. The maximum atomic E-state index is 12.0. The van der Waals surface area contributed by atoms with E-state index in [9.17, 15) is 4.79 Å². The van der Waals surface area contributed by atoms with Gasteiger partial charge in [0.05, 0.1) is 5.54 Å². The van der Waals surface area contributed by atoms with Gasteiger partial charge in [-0.2, -0.15) is 0 Å². The molecule has 0 bridgehead atoms. The zero-order valence-electron chi connectivity index (χ0n) is 13.8. The quantitative estimate of drug-likeness (QED) is 0.873. The summed E-state index contributed by atoms with van der Waals surface area (Å²) in [6.07, 6.45) is 1.60. The molecule has 0 radical (unpaired) electrons. The van der Waals surface area contributed by atoms with Gasteiger partial charge in [-0.1, -0.05) is 58.4 Å². The number of rotatable bonds is 5. The molecule has 0 heterocycles. The average Bonchev–Trinajstić information content (AvgIpc) is 2.35. The summed E-state index contributed by atoms with van der Waals surface area (Å²) in [6.45, 7) is 10.9. The Hall–Kier alpha value is -1.06. The number of amides is 1. The second kappa shape index (κ2) is 7.81. The molecule has 0 aliphatic carbocycles. The molecule has 1 rings (SSSR count). The highest BCUT2D eigenvalue weighted by atomic mass is 35.5. The summed E-state index contributed by atoms with van der Waals surface area (Å²) in [5.74, 6) is -0.0840. The van der Waals surface area contributed by atoms with Crippen molar-refractivity contribution in [3.05, 3.63) is 35.4 Å². The lowest BCUT2D eigenvalue weighted by atomic mass is 9.87. The SMILES string of the molecule is CCCC(C)(N)C(=O)NCc1ccc(C(C)(C)C)cc1.Cl. The van der Waals surface area contributed by atoms with Crippen LogP contribution < -0.4 is 11.1 Å². The van der Waals surface area contributed by atoms with E-state index in [0.29, 0.717) is 13.0 Å². The first-order valence-electron chi connectivity index (χ1n) is 7.33. The number of halogens is 1. The standard InChI is InChI=1S/C17H28N2O.ClH/c1-6-11-17(5,18)15(20)19-12-13-7-9-14(10-8-13)16(2,3)4;/h7-10H,6,11-12,18H2,1-5H3,(H,19,20);1H. The third-order valence-corrected chi connectivity index (χ3v) is 3.56. The molecule has 1 aromatic carbocycles. The van der Waals surface area contributed by atoms with Crippen molar-refractivity contribution in [1.29, 1.82) is 0 Å². The molecule has 0 aromatic heterocycles. The Morgan fingerprint density at radius 2 is 1.67 bits per heavy atom. The molecular weight excluding hydrogens is 284 g/mol. The lowest BCUT2D eigenvalue weighted by molar-refractivity contribution is -0.126. The molecule has 1 atom stereocenters. The van der Waals surface area contributed by atoms with Gasteiger partial charge in [-0.15, -0.1) is 12.4 Å². The van der Waals surface area contributed by atoms with Gasteiger partial charge in [0.2, 0.25) is 5.91 Å². The van der Waals surface area contributed by atoms with E-state index >= 15 is 0 Å². The summed E-state index contributed by atoms with van der Waals surface area (Å²) >= 11 is 0. The highest BCUT2D eigenvalue weighted by Crippen LogP contribution is 2.22. The first-order chi connectivity index (χ1) is 9.16. The molecule has 21 heavy (non-hydrogen) atoms. The summed E-state index contributed by atoms with van der Waals surface area (Å²) in [5.41, 5.74) is 7.77. The smallest absolute Gasteiger partial charge is 0.240 e. The Bertz CT molecular complexity index is 447. The van der Waals surface area contributed by atoms with Crippen LogP contribution in [0.1, 0.15) is 58.6 Å². The first kappa shape index (κ1) is 19.9. The van der Waals surface area contributed by atoms with Gasteiger partial charge >= 0.3 is 0 Å². The lowest BCUT2D eigenvalue weighted by Crippen LogP contribution is -2.51. The van der Waals surface area contributed by atoms with Gasteiger partial charge in [0, 0.05) is 6.54 Å². The van der Waals surface area contributed by atoms with Crippen molar-refractivity contribution in [1.82, 2.24) is 5.32 Å². The molecular formula is C17H29ClN2O. The van der Waals surface area contributed by atoms with Crippen molar-refractivity contribution < 1.29 is 4.79 Å². The van der Waals surface area contributed by atoms with Crippen LogP contribution in [0.15, 0.2) is 24.3 Å². The minimum absolute atomic E-state index is 0. The number of carbonyl (C=O) groups is 1. The molecule has 0 aliphatic heterocycles. The summed E-state index contributed by atoms with van der Waals surface area (Å²) < 4.78 is 0. The fourth-order valence-electron chi connectivity index (χ4n) is 2.14. The number of nitrogens with two attached hydrogens (primary N) is 1. The second-order valence-electron chi connectivity index (χ2n) is 6.80. The monoisotopic (exact) mass is 312 g/mol. The van der Waals surface area contributed by atoms with E-state index in [4.69, 9.17) is 5.73 Å². The Morgan fingerprint density at radius 3 is 2.10 bits per heavy atom. The molecule has 0 fully saturated rings. The Kier molecular flexibility index (Phi) is 7.41. The Balaban J connectivity index is 0.00000400. The highest BCUT2D eigenvalue weighted by molar-refractivity contribution is 5.85. The van der Waals surface area contributed by atoms with Gasteiger partial charge in [-0.05, 0) is 29.9 Å². The van der Waals surface area contributed by atoms with Gasteiger partial charge < -0.3 is 11.1 Å². The van der Waals surface area contributed by atoms with Crippen LogP contribution in [0.3, 0.4) is 0 Å². The van der Waals surface area contributed by atoms with Crippen LogP contribution in [0.5, 0.6) is 0 Å². The molecule has 3 N–H and O–H groups in total. The van der Waals surface area contributed by atoms with Crippen LogP contribution in [0.25, 0.3) is 0 Å². The van der Waals surface area contributed by atoms with Gasteiger partial charge in [0.1, 0.15) is 0 Å². The number of carbonyl (C=O) groups excluding carboxylic acids is 1. The normalized spacial score (nSPS) is 14.0. The summed E-state index contributed by atoms with van der Waals surface area (Å²) in [7, 11) is 0. The van der Waals surface area contributed by atoms with E-state index in [1.54, 1.807) is 6.92 Å². The lowest BCUT2D eigenvalue weighted by Gasteiger charge is -2.23. The molecule has 1 aromatic rings. The molecule has 4 heteroatoms. The topological polar surface area (TPSA) is 55.1 Å². The molecule has 0 saturated heterocycles. The largest absolute Gasteiger partial charge is 0.350 e. The number of hydrogen-bond donors (Lipinski definition) is 2. The first-order valence-corrected chi connectivity index (χ1v) is 7.33. The van der Waals surface area contributed by atoms with Crippen molar-refractivity contribution in [3.8, 4) is 0 Å². The minimum Gasteiger partial charge on any atom is -0.350 e. The van der Waals surface area contributed by atoms with Gasteiger partial charge in [0.25, 0.3) is 0 Å². The molecule has 0 aliphatic rings. The van der Waals surface area contributed by atoms with E-state index in [0.717, 1.165) is 12.0 Å². The van der Waals surface area contributed by atoms with E-state index in [1.165, 1.54) is 5.56 Å². The number of hydrogen-bond acceptors (Lipinski definition) is 2. The third-order valence-electron chi connectivity index (χ3n) is 3.56. The van der Waals surface area contributed by atoms with E-state index < -0.39 is 5.54 Å². The van der Waals surface area contributed by atoms with Gasteiger partial charge in [0.15, 0.2) is 0 Å². The molecule has 0 saturated carbocycles. The molecule has 0 spiro atoms. The number of nitrogens with one attached hydrogen (secondary N) is 1. The minimum atomic E-state index is -0.778. The number of benzene rings is 1. The van der Waals surface area contributed by atoms with Crippen molar-refractivity contribution in [2.45, 2.75) is 65.0 Å². The molecule has 3 nitrogen and oxygen atoms in total. The fourth-order valence-corrected chi connectivity index (χ4v) is 2.14. The zero-order valence-corrected chi connectivity index (χ0v) is 14.6. The predicted molar refractivity (Wildman–Crippen MR) is 91.7 cm³/mol. The van der Waals surface area contributed by atoms with E-state index in [2.05, 4.69) is 50.4 Å². The van der Waals surface area contributed by atoms with Gasteiger partial charge in [-0.3, -0.25) is 4.79 Å². The van der Waals surface area contributed by atoms with Crippen molar-refractivity contribution >= 4 is 18.3 Å². The second-order valence-corrected chi connectivity index (χ2v) is 6.80. The predicted octanol–water partition coefficient (Wildman–Crippen LogP) is 3.54. The van der Waals surface area contributed by atoms with Crippen LogP contribution in [0.4, 0.5) is 0 Å². The van der Waals surface area contributed by atoms with Gasteiger partial charge in [-0.25, -0.2) is 0 Å². The van der Waals surface area contributed by atoms with E-state index in [1.807, 2.05) is 6.92 Å². The molecule has 1 unspecified atom stereocenters. The summed E-state index contributed by atoms with van der Waals surface area (Å²) in [4.78, 5) is 12.0.